The number of rotatable bonds is 5. The van der Waals surface area contributed by atoms with E-state index in [9.17, 15) is 4.39 Å². The second kappa shape index (κ2) is 6.10. The van der Waals surface area contributed by atoms with Crippen LogP contribution in [0.25, 0.3) is 0 Å². The summed E-state index contributed by atoms with van der Waals surface area (Å²) in [4.78, 5) is 4.19. The van der Waals surface area contributed by atoms with Gasteiger partial charge in [-0.25, -0.2) is 9.37 Å². The second-order valence-corrected chi connectivity index (χ2v) is 5.05. The third-order valence-electron chi connectivity index (χ3n) is 2.25. The summed E-state index contributed by atoms with van der Waals surface area (Å²) in [5.41, 5.74) is 0.856. The minimum Gasteiger partial charge on any atom is -0.312 e. The van der Waals surface area contributed by atoms with E-state index >= 15 is 0 Å². The van der Waals surface area contributed by atoms with Gasteiger partial charge in [0.15, 0.2) is 0 Å². The first-order chi connectivity index (χ1) is 8.24. The summed E-state index contributed by atoms with van der Waals surface area (Å²) < 4.78 is 13.0. The maximum Gasteiger partial charge on any atom is 0.125 e. The Hall–Kier alpha value is -0.970. The Kier molecular flexibility index (Phi) is 4.48. The number of hydrogen-bond acceptors (Lipinski definition) is 3. The van der Waals surface area contributed by atoms with Crippen LogP contribution in [0.2, 0.25) is 5.02 Å². The predicted molar refractivity (Wildman–Crippen MR) is 68.9 cm³/mol. The van der Waals surface area contributed by atoms with Gasteiger partial charge in [0.2, 0.25) is 0 Å². The van der Waals surface area contributed by atoms with E-state index in [2.05, 4.69) is 10.3 Å². The van der Waals surface area contributed by atoms with Crippen LogP contribution < -0.4 is 5.32 Å². The summed E-state index contributed by atoms with van der Waals surface area (Å²) in [5.74, 6) is -0.297. The molecule has 2 nitrogen and oxygen atoms in total. The van der Waals surface area contributed by atoms with Crippen molar-refractivity contribution in [1.82, 2.24) is 10.3 Å². The highest BCUT2D eigenvalue weighted by molar-refractivity contribution is 7.09. The quantitative estimate of drug-likeness (QED) is 0.844. The van der Waals surface area contributed by atoms with Gasteiger partial charge in [-0.15, -0.1) is 11.3 Å². The van der Waals surface area contributed by atoms with Crippen molar-refractivity contribution in [1.29, 1.82) is 0 Å². The number of benzene rings is 1. The Morgan fingerprint density at radius 3 is 2.94 bits per heavy atom. The van der Waals surface area contributed by atoms with Gasteiger partial charge in [-0.2, -0.15) is 0 Å². The van der Waals surface area contributed by atoms with Crippen LogP contribution in [0.3, 0.4) is 0 Å². The van der Waals surface area contributed by atoms with E-state index in [1.165, 1.54) is 12.1 Å². The molecule has 17 heavy (non-hydrogen) atoms. The van der Waals surface area contributed by atoms with Crippen LogP contribution >= 0.6 is 22.9 Å². The molecule has 90 valence electrons. The molecule has 1 N–H and O–H groups in total. The minimum absolute atomic E-state index is 0.297. The normalized spacial score (nSPS) is 10.7. The summed E-state index contributed by atoms with van der Waals surface area (Å²) in [6.07, 6.45) is 2.69. The van der Waals surface area contributed by atoms with Crippen molar-refractivity contribution in [3.05, 3.63) is 51.2 Å². The molecular weight excluding hydrogens is 259 g/mol. The van der Waals surface area contributed by atoms with Crippen molar-refractivity contribution < 1.29 is 4.39 Å². The highest BCUT2D eigenvalue weighted by Crippen LogP contribution is 2.13. The number of nitrogens with zero attached hydrogens (tertiary/aromatic N) is 1. The Morgan fingerprint density at radius 1 is 1.35 bits per heavy atom. The smallest absolute Gasteiger partial charge is 0.125 e. The summed E-state index contributed by atoms with van der Waals surface area (Å²) in [6.45, 7) is 1.44. The lowest BCUT2D eigenvalue weighted by atomic mass is 10.2. The zero-order valence-electron chi connectivity index (χ0n) is 9.12. The average Bonchev–Trinajstić information content (AvgIpc) is 2.76. The van der Waals surface area contributed by atoms with E-state index in [1.807, 2.05) is 5.38 Å². The molecule has 0 saturated carbocycles. The fraction of sp³-hybridized carbons (Fsp3) is 0.250. The van der Waals surface area contributed by atoms with Crippen molar-refractivity contribution in [2.75, 3.05) is 6.54 Å². The molecule has 5 heteroatoms. The SMILES string of the molecule is Fc1cc(Cl)cc(CNCCc2nccs2)c1. The van der Waals surface area contributed by atoms with E-state index in [0.717, 1.165) is 23.5 Å². The molecule has 1 aromatic heterocycles. The van der Waals surface area contributed by atoms with Crippen molar-refractivity contribution in [3.8, 4) is 0 Å². The summed E-state index contributed by atoms with van der Waals surface area (Å²) >= 11 is 7.41. The minimum atomic E-state index is -0.297. The van der Waals surface area contributed by atoms with Gasteiger partial charge in [0.05, 0.1) is 5.01 Å². The van der Waals surface area contributed by atoms with Crippen molar-refractivity contribution in [3.63, 3.8) is 0 Å². The number of hydrogen-bond donors (Lipinski definition) is 1. The van der Waals surface area contributed by atoms with E-state index in [-0.39, 0.29) is 5.82 Å². The zero-order valence-corrected chi connectivity index (χ0v) is 10.7. The maximum absolute atomic E-state index is 13.0. The highest BCUT2D eigenvalue weighted by atomic mass is 35.5. The van der Waals surface area contributed by atoms with Crippen LogP contribution in [-0.4, -0.2) is 11.5 Å². The van der Waals surface area contributed by atoms with Crippen LogP contribution in [0, 0.1) is 5.82 Å². The molecule has 0 bridgehead atoms. The Morgan fingerprint density at radius 2 is 2.24 bits per heavy atom. The summed E-state index contributed by atoms with van der Waals surface area (Å²) in [6, 6.07) is 4.56. The van der Waals surface area contributed by atoms with Gasteiger partial charge in [0.1, 0.15) is 5.82 Å². The molecule has 0 radical (unpaired) electrons. The standard InChI is InChI=1S/C12H12ClFN2S/c13-10-5-9(6-11(14)7-10)8-15-2-1-12-16-3-4-17-12/h3-7,15H,1-2,8H2. The molecule has 0 aliphatic rings. The maximum atomic E-state index is 13.0. The van der Waals surface area contributed by atoms with Crippen molar-refractivity contribution in [2.45, 2.75) is 13.0 Å². The summed E-state index contributed by atoms with van der Waals surface area (Å²) in [5, 5.41) is 6.73. The van der Waals surface area contributed by atoms with Crippen LogP contribution in [0.15, 0.2) is 29.8 Å². The number of halogens is 2. The van der Waals surface area contributed by atoms with Crippen LogP contribution in [0.1, 0.15) is 10.6 Å². The van der Waals surface area contributed by atoms with Gasteiger partial charge >= 0.3 is 0 Å². The molecule has 0 amide bonds. The summed E-state index contributed by atoms with van der Waals surface area (Å²) in [7, 11) is 0. The largest absolute Gasteiger partial charge is 0.312 e. The van der Waals surface area contributed by atoms with Gasteiger partial charge in [-0.3, -0.25) is 0 Å². The third-order valence-corrected chi connectivity index (χ3v) is 3.31. The van der Waals surface area contributed by atoms with Gasteiger partial charge in [-0.05, 0) is 23.8 Å². The molecular formula is C12H12ClFN2S. The number of aromatic nitrogens is 1. The topological polar surface area (TPSA) is 24.9 Å². The molecule has 0 aliphatic carbocycles. The third kappa shape index (κ3) is 4.07. The fourth-order valence-electron chi connectivity index (χ4n) is 1.52. The lowest BCUT2D eigenvalue weighted by Crippen LogP contribution is -2.16. The molecule has 2 aromatic rings. The van der Waals surface area contributed by atoms with Crippen LogP contribution in [-0.2, 0) is 13.0 Å². The molecule has 0 unspecified atom stereocenters. The van der Waals surface area contributed by atoms with Crippen molar-refractivity contribution >= 4 is 22.9 Å². The van der Waals surface area contributed by atoms with Gasteiger partial charge < -0.3 is 5.32 Å². The first-order valence-electron chi connectivity index (χ1n) is 5.28. The monoisotopic (exact) mass is 270 g/mol. The molecule has 0 saturated heterocycles. The van der Waals surface area contributed by atoms with E-state index in [4.69, 9.17) is 11.6 Å². The molecule has 1 heterocycles. The van der Waals surface area contributed by atoms with E-state index in [0.29, 0.717) is 11.6 Å². The predicted octanol–water partition coefficient (Wildman–Crippen LogP) is 3.27. The molecule has 0 aliphatic heterocycles. The van der Waals surface area contributed by atoms with Gasteiger partial charge in [-0.1, -0.05) is 11.6 Å². The lowest BCUT2D eigenvalue weighted by molar-refractivity contribution is 0.620. The Bertz CT molecular complexity index is 453. The Labute approximate surface area is 108 Å². The average molecular weight is 271 g/mol. The first-order valence-corrected chi connectivity index (χ1v) is 6.54. The Balaban J connectivity index is 1.78. The van der Waals surface area contributed by atoms with Crippen molar-refractivity contribution in [2.24, 2.45) is 0 Å². The van der Waals surface area contributed by atoms with Gasteiger partial charge in [0, 0.05) is 36.1 Å². The van der Waals surface area contributed by atoms with Crippen LogP contribution in [0.4, 0.5) is 4.39 Å². The molecule has 2 rings (SSSR count). The highest BCUT2D eigenvalue weighted by Gasteiger charge is 2.00. The lowest BCUT2D eigenvalue weighted by Gasteiger charge is -2.04. The molecule has 0 atom stereocenters. The van der Waals surface area contributed by atoms with Crippen LogP contribution in [0.5, 0.6) is 0 Å². The number of nitrogens with one attached hydrogen (secondary N) is 1. The second-order valence-electron chi connectivity index (χ2n) is 3.63. The zero-order chi connectivity index (χ0) is 12.1. The van der Waals surface area contributed by atoms with E-state index < -0.39 is 0 Å². The molecule has 1 aromatic carbocycles. The first kappa shape index (κ1) is 12.5. The fourth-order valence-corrected chi connectivity index (χ4v) is 2.38. The van der Waals surface area contributed by atoms with E-state index in [1.54, 1.807) is 23.6 Å². The van der Waals surface area contributed by atoms with Gasteiger partial charge in [0.25, 0.3) is 0 Å². The molecule has 0 spiro atoms. The number of thiazole rings is 1. The molecule has 0 fully saturated rings.